The molecule has 1 N–H and O–H groups in total. The summed E-state index contributed by atoms with van der Waals surface area (Å²) in [6.07, 6.45) is 3.47. The molecular formula is C17H15N3O. The van der Waals surface area contributed by atoms with Crippen molar-refractivity contribution in [1.82, 2.24) is 15.3 Å². The van der Waals surface area contributed by atoms with Gasteiger partial charge in [0, 0.05) is 29.9 Å². The Kier molecular flexibility index (Phi) is 3.60. The summed E-state index contributed by atoms with van der Waals surface area (Å²) in [5.74, 6) is -0.0822. The van der Waals surface area contributed by atoms with Crippen LogP contribution in [0.2, 0.25) is 0 Å². The Bertz CT molecular complexity index is 784. The number of nitrogens with one attached hydrogen (secondary N) is 1. The number of aromatic nitrogens is 2. The second kappa shape index (κ2) is 5.71. The van der Waals surface area contributed by atoms with Gasteiger partial charge in [0.2, 0.25) is 0 Å². The van der Waals surface area contributed by atoms with Gasteiger partial charge in [0.1, 0.15) is 0 Å². The second-order valence-electron chi connectivity index (χ2n) is 4.67. The lowest BCUT2D eigenvalue weighted by Crippen LogP contribution is -2.23. The molecule has 0 aliphatic carbocycles. The summed E-state index contributed by atoms with van der Waals surface area (Å²) in [6, 6.07) is 13.3. The van der Waals surface area contributed by atoms with E-state index in [1.54, 1.807) is 12.4 Å². The number of rotatable bonds is 3. The van der Waals surface area contributed by atoms with Crippen molar-refractivity contribution < 1.29 is 4.79 Å². The highest BCUT2D eigenvalue weighted by Crippen LogP contribution is 2.24. The van der Waals surface area contributed by atoms with Crippen molar-refractivity contribution in [3.63, 3.8) is 0 Å². The first-order valence-electron chi connectivity index (χ1n) is 6.88. The van der Waals surface area contributed by atoms with Gasteiger partial charge in [-0.05, 0) is 31.2 Å². The molecule has 4 nitrogen and oxygen atoms in total. The maximum atomic E-state index is 12.3. The Balaban J connectivity index is 2.22. The molecule has 0 saturated heterocycles. The fraction of sp³-hybridized carbons (Fsp3) is 0.118. The molecule has 0 bridgehead atoms. The van der Waals surface area contributed by atoms with Crippen molar-refractivity contribution in [1.29, 1.82) is 0 Å². The lowest BCUT2D eigenvalue weighted by molar-refractivity contribution is 0.0957. The van der Waals surface area contributed by atoms with Crippen molar-refractivity contribution in [3.05, 3.63) is 60.4 Å². The average molecular weight is 277 g/mol. The normalized spacial score (nSPS) is 10.5. The van der Waals surface area contributed by atoms with Crippen LogP contribution >= 0.6 is 0 Å². The maximum Gasteiger partial charge on any atom is 0.252 e. The third kappa shape index (κ3) is 2.60. The summed E-state index contributed by atoms with van der Waals surface area (Å²) < 4.78 is 0. The smallest absolute Gasteiger partial charge is 0.252 e. The van der Waals surface area contributed by atoms with Crippen LogP contribution in [0.1, 0.15) is 17.3 Å². The first kappa shape index (κ1) is 13.2. The van der Waals surface area contributed by atoms with Crippen LogP contribution < -0.4 is 5.32 Å². The average Bonchev–Trinajstić information content (AvgIpc) is 2.55. The number of carbonyl (C=O) groups is 1. The number of pyridine rings is 2. The zero-order chi connectivity index (χ0) is 14.7. The van der Waals surface area contributed by atoms with Crippen LogP contribution in [-0.4, -0.2) is 22.4 Å². The molecule has 1 amide bonds. The van der Waals surface area contributed by atoms with E-state index in [-0.39, 0.29) is 5.91 Å². The highest BCUT2D eigenvalue weighted by molar-refractivity contribution is 6.07. The number of benzene rings is 1. The SMILES string of the molecule is CCNC(=O)c1cc(-c2cccnc2)nc2ccccc12. The molecule has 0 radical (unpaired) electrons. The van der Waals surface area contributed by atoms with E-state index in [9.17, 15) is 4.79 Å². The van der Waals surface area contributed by atoms with E-state index >= 15 is 0 Å². The first-order chi connectivity index (χ1) is 10.3. The van der Waals surface area contributed by atoms with Crippen LogP contribution in [0, 0.1) is 0 Å². The monoisotopic (exact) mass is 277 g/mol. The fourth-order valence-electron chi connectivity index (χ4n) is 2.28. The molecule has 2 aromatic heterocycles. The summed E-state index contributed by atoms with van der Waals surface area (Å²) >= 11 is 0. The molecule has 0 fully saturated rings. The van der Waals surface area contributed by atoms with Gasteiger partial charge in [0.05, 0.1) is 16.8 Å². The van der Waals surface area contributed by atoms with Crippen molar-refractivity contribution in [3.8, 4) is 11.3 Å². The Hall–Kier alpha value is -2.75. The van der Waals surface area contributed by atoms with E-state index in [2.05, 4.69) is 15.3 Å². The van der Waals surface area contributed by atoms with E-state index in [4.69, 9.17) is 0 Å². The van der Waals surface area contributed by atoms with Gasteiger partial charge < -0.3 is 5.32 Å². The molecule has 4 heteroatoms. The second-order valence-corrected chi connectivity index (χ2v) is 4.67. The van der Waals surface area contributed by atoms with E-state index in [0.29, 0.717) is 12.1 Å². The molecule has 0 saturated carbocycles. The minimum atomic E-state index is -0.0822. The van der Waals surface area contributed by atoms with Crippen molar-refractivity contribution >= 4 is 16.8 Å². The van der Waals surface area contributed by atoms with Crippen LogP contribution in [0.15, 0.2) is 54.9 Å². The van der Waals surface area contributed by atoms with Gasteiger partial charge >= 0.3 is 0 Å². The van der Waals surface area contributed by atoms with Gasteiger partial charge in [0.25, 0.3) is 5.91 Å². The summed E-state index contributed by atoms with van der Waals surface area (Å²) in [4.78, 5) is 21.0. The standard InChI is InChI=1S/C17H15N3O/c1-2-19-17(21)14-10-16(12-6-5-9-18-11-12)20-15-8-4-3-7-13(14)15/h3-11H,2H2,1H3,(H,19,21). The first-order valence-corrected chi connectivity index (χ1v) is 6.88. The molecule has 0 aliphatic heterocycles. The van der Waals surface area contributed by atoms with Gasteiger partial charge in [-0.15, -0.1) is 0 Å². The third-order valence-electron chi connectivity index (χ3n) is 3.26. The Morgan fingerprint density at radius 3 is 2.81 bits per heavy atom. The molecule has 3 aromatic rings. The molecule has 104 valence electrons. The Morgan fingerprint density at radius 2 is 2.05 bits per heavy atom. The van der Waals surface area contributed by atoms with Crippen LogP contribution in [0.3, 0.4) is 0 Å². The number of amides is 1. The number of para-hydroxylation sites is 1. The number of hydrogen-bond acceptors (Lipinski definition) is 3. The molecule has 0 atom stereocenters. The lowest BCUT2D eigenvalue weighted by Gasteiger charge is -2.09. The van der Waals surface area contributed by atoms with E-state index in [1.807, 2.05) is 49.4 Å². The topological polar surface area (TPSA) is 54.9 Å². The van der Waals surface area contributed by atoms with Crippen LogP contribution in [-0.2, 0) is 0 Å². The molecule has 0 aliphatic rings. The lowest BCUT2D eigenvalue weighted by atomic mass is 10.0. The number of hydrogen-bond donors (Lipinski definition) is 1. The molecule has 0 spiro atoms. The van der Waals surface area contributed by atoms with Crippen molar-refractivity contribution in [2.24, 2.45) is 0 Å². The molecule has 21 heavy (non-hydrogen) atoms. The number of fused-ring (bicyclic) bond motifs is 1. The van der Waals surface area contributed by atoms with Crippen LogP contribution in [0.25, 0.3) is 22.2 Å². The van der Waals surface area contributed by atoms with E-state index in [1.165, 1.54) is 0 Å². The van der Waals surface area contributed by atoms with E-state index in [0.717, 1.165) is 22.2 Å². The predicted molar refractivity (Wildman–Crippen MR) is 83.0 cm³/mol. The Labute approximate surface area is 122 Å². The quantitative estimate of drug-likeness (QED) is 0.800. The largest absolute Gasteiger partial charge is 0.352 e. The highest BCUT2D eigenvalue weighted by atomic mass is 16.1. The van der Waals surface area contributed by atoms with Gasteiger partial charge in [-0.3, -0.25) is 9.78 Å². The van der Waals surface area contributed by atoms with Gasteiger partial charge in [0.15, 0.2) is 0 Å². The van der Waals surface area contributed by atoms with Gasteiger partial charge in [-0.25, -0.2) is 4.98 Å². The maximum absolute atomic E-state index is 12.3. The zero-order valence-corrected chi connectivity index (χ0v) is 11.7. The van der Waals surface area contributed by atoms with Crippen LogP contribution in [0.5, 0.6) is 0 Å². The number of carbonyl (C=O) groups excluding carboxylic acids is 1. The number of nitrogens with zero attached hydrogens (tertiary/aromatic N) is 2. The molecular weight excluding hydrogens is 262 g/mol. The molecule has 2 heterocycles. The van der Waals surface area contributed by atoms with Crippen molar-refractivity contribution in [2.75, 3.05) is 6.54 Å². The summed E-state index contributed by atoms with van der Waals surface area (Å²) in [5, 5.41) is 3.71. The summed E-state index contributed by atoms with van der Waals surface area (Å²) in [7, 11) is 0. The van der Waals surface area contributed by atoms with E-state index < -0.39 is 0 Å². The predicted octanol–water partition coefficient (Wildman–Crippen LogP) is 3.05. The minimum absolute atomic E-state index is 0.0822. The minimum Gasteiger partial charge on any atom is -0.352 e. The van der Waals surface area contributed by atoms with Crippen molar-refractivity contribution in [2.45, 2.75) is 6.92 Å². The van der Waals surface area contributed by atoms with Crippen LogP contribution in [0.4, 0.5) is 0 Å². The van der Waals surface area contributed by atoms with Gasteiger partial charge in [-0.1, -0.05) is 18.2 Å². The Morgan fingerprint density at radius 1 is 1.19 bits per heavy atom. The fourth-order valence-corrected chi connectivity index (χ4v) is 2.28. The molecule has 0 unspecified atom stereocenters. The highest BCUT2D eigenvalue weighted by Gasteiger charge is 2.13. The summed E-state index contributed by atoms with van der Waals surface area (Å²) in [6.45, 7) is 2.50. The molecule has 3 rings (SSSR count). The zero-order valence-electron chi connectivity index (χ0n) is 11.7. The third-order valence-corrected chi connectivity index (χ3v) is 3.26. The van der Waals surface area contributed by atoms with Gasteiger partial charge in [-0.2, -0.15) is 0 Å². The summed E-state index contributed by atoms with van der Waals surface area (Å²) in [5.41, 5.74) is 3.10. The molecule has 1 aromatic carbocycles.